The first-order valence-corrected chi connectivity index (χ1v) is 6.25. The zero-order valence-corrected chi connectivity index (χ0v) is 11.0. The van der Waals surface area contributed by atoms with Crippen LogP contribution in [-0.4, -0.2) is 28.4 Å². The van der Waals surface area contributed by atoms with E-state index in [0.29, 0.717) is 24.1 Å². The van der Waals surface area contributed by atoms with Crippen LogP contribution in [0.1, 0.15) is 30.0 Å². The van der Waals surface area contributed by atoms with Crippen LogP contribution in [0.3, 0.4) is 0 Å². The van der Waals surface area contributed by atoms with Gasteiger partial charge in [0.2, 0.25) is 5.78 Å². The minimum absolute atomic E-state index is 0.113. The van der Waals surface area contributed by atoms with Crippen molar-refractivity contribution in [1.29, 1.82) is 0 Å². The molecule has 0 fully saturated rings. The number of aliphatic hydroxyl groups is 2. The molecule has 0 saturated heterocycles. The standard InChI is InChI=1S/C14H19NO4/c1-2-13(18)14(19)15-6-5-10-3-4-11(8-16)12(7-10)9-17/h3-4,7,16-17H,2,5-6,8-9H2,1H3,(H,15,19). The van der Waals surface area contributed by atoms with Crippen molar-refractivity contribution in [3.8, 4) is 0 Å². The maximum Gasteiger partial charge on any atom is 0.287 e. The maximum absolute atomic E-state index is 11.3. The zero-order valence-electron chi connectivity index (χ0n) is 11.0. The second kappa shape index (κ2) is 7.66. The van der Waals surface area contributed by atoms with E-state index in [-0.39, 0.29) is 19.6 Å². The highest BCUT2D eigenvalue weighted by atomic mass is 16.3. The maximum atomic E-state index is 11.3. The first-order chi connectivity index (χ1) is 9.12. The number of aliphatic hydroxyl groups excluding tert-OH is 2. The molecule has 0 atom stereocenters. The molecule has 19 heavy (non-hydrogen) atoms. The smallest absolute Gasteiger partial charge is 0.287 e. The van der Waals surface area contributed by atoms with E-state index in [2.05, 4.69) is 5.32 Å². The molecule has 0 radical (unpaired) electrons. The van der Waals surface area contributed by atoms with Crippen LogP contribution in [0.4, 0.5) is 0 Å². The van der Waals surface area contributed by atoms with Gasteiger partial charge in [-0.05, 0) is 23.1 Å². The second-order valence-electron chi connectivity index (χ2n) is 4.20. The predicted octanol–water partition coefficient (Wildman–Crippen LogP) is 0.309. The van der Waals surface area contributed by atoms with Gasteiger partial charge in [0.1, 0.15) is 0 Å². The Hall–Kier alpha value is -1.72. The molecule has 0 spiro atoms. The molecule has 3 N–H and O–H groups in total. The van der Waals surface area contributed by atoms with Crippen molar-refractivity contribution in [3.05, 3.63) is 34.9 Å². The van der Waals surface area contributed by atoms with Gasteiger partial charge in [-0.15, -0.1) is 0 Å². The molecule has 1 aromatic carbocycles. The fourth-order valence-electron chi connectivity index (χ4n) is 1.72. The van der Waals surface area contributed by atoms with E-state index in [4.69, 9.17) is 10.2 Å². The van der Waals surface area contributed by atoms with Gasteiger partial charge in [0.05, 0.1) is 13.2 Å². The first kappa shape index (κ1) is 15.3. The summed E-state index contributed by atoms with van der Waals surface area (Å²) >= 11 is 0. The van der Waals surface area contributed by atoms with Gasteiger partial charge in [0.15, 0.2) is 0 Å². The molecule has 0 aliphatic rings. The highest BCUT2D eigenvalue weighted by molar-refractivity contribution is 6.36. The number of Topliss-reactive ketones (excluding diaryl/α,β-unsaturated/α-hetero) is 1. The highest BCUT2D eigenvalue weighted by Crippen LogP contribution is 2.12. The lowest BCUT2D eigenvalue weighted by molar-refractivity contribution is -0.137. The molecule has 1 aromatic rings. The van der Waals surface area contributed by atoms with Crippen molar-refractivity contribution < 1.29 is 19.8 Å². The lowest BCUT2D eigenvalue weighted by Crippen LogP contribution is -2.32. The lowest BCUT2D eigenvalue weighted by atomic mass is 10.0. The molecule has 0 heterocycles. The zero-order chi connectivity index (χ0) is 14.3. The monoisotopic (exact) mass is 265 g/mol. The summed E-state index contributed by atoms with van der Waals surface area (Å²) in [4.78, 5) is 22.3. The Morgan fingerprint density at radius 2 is 1.84 bits per heavy atom. The Kier molecular flexibility index (Phi) is 6.18. The van der Waals surface area contributed by atoms with Crippen molar-refractivity contribution in [2.24, 2.45) is 0 Å². The average Bonchev–Trinajstić information content (AvgIpc) is 2.45. The van der Waals surface area contributed by atoms with E-state index < -0.39 is 11.7 Å². The van der Waals surface area contributed by atoms with Gasteiger partial charge < -0.3 is 15.5 Å². The minimum Gasteiger partial charge on any atom is -0.392 e. The first-order valence-electron chi connectivity index (χ1n) is 6.25. The molecule has 5 heteroatoms. The Bertz CT molecular complexity index is 457. The van der Waals surface area contributed by atoms with Crippen molar-refractivity contribution in [2.45, 2.75) is 33.0 Å². The number of nitrogens with one attached hydrogen (secondary N) is 1. The van der Waals surface area contributed by atoms with E-state index >= 15 is 0 Å². The summed E-state index contributed by atoms with van der Waals surface area (Å²) in [5, 5.41) is 20.8. The number of benzene rings is 1. The van der Waals surface area contributed by atoms with Gasteiger partial charge in [-0.25, -0.2) is 0 Å². The normalized spacial score (nSPS) is 10.3. The molecule has 5 nitrogen and oxygen atoms in total. The highest BCUT2D eigenvalue weighted by Gasteiger charge is 2.09. The van der Waals surface area contributed by atoms with E-state index in [9.17, 15) is 9.59 Å². The fourth-order valence-corrected chi connectivity index (χ4v) is 1.72. The van der Waals surface area contributed by atoms with Crippen molar-refractivity contribution in [1.82, 2.24) is 5.32 Å². The van der Waals surface area contributed by atoms with Gasteiger partial charge in [0, 0.05) is 13.0 Å². The SMILES string of the molecule is CCC(=O)C(=O)NCCc1ccc(CO)c(CO)c1. The van der Waals surface area contributed by atoms with Crippen LogP contribution >= 0.6 is 0 Å². The van der Waals surface area contributed by atoms with Crippen molar-refractivity contribution in [3.63, 3.8) is 0 Å². The number of carbonyl (C=O) groups excluding carboxylic acids is 2. The summed E-state index contributed by atoms with van der Waals surface area (Å²) in [6.07, 6.45) is 0.771. The largest absolute Gasteiger partial charge is 0.392 e. The van der Waals surface area contributed by atoms with Gasteiger partial charge in [-0.2, -0.15) is 0 Å². The predicted molar refractivity (Wildman–Crippen MR) is 70.3 cm³/mol. The lowest BCUT2D eigenvalue weighted by Gasteiger charge is -2.08. The molecule has 0 unspecified atom stereocenters. The van der Waals surface area contributed by atoms with Crippen LogP contribution in [0.5, 0.6) is 0 Å². The van der Waals surface area contributed by atoms with Crippen LogP contribution in [-0.2, 0) is 29.2 Å². The number of ketones is 1. The van der Waals surface area contributed by atoms with E-state index in [0.717, 1.165) is 5.56 Å². The van der Waals surface area contributed by atoms with Gasteiger partial charge in [-0.1, -0.05) is 25.1 Å². The van der Waals surface area contributed by atoms with Crippen molar-refractivity contribution >= 4 is 11.7 Å². The van der Waals surface area contributed by atoms with Gasteiger partial charge in [0.25, 0.3) is 5.91 Å². The molecule has 0 saturated carbocycles. The minimum atomic E-state index is -0.558. The summed E-state index contributed by atoms with van der Waals surface area (Å²) in [7, 11) is 0. The number of hydrogen-bond acceptors (Lipinski definition) is 4. The molecule has 1 amide bonds. The summed E-state index contributed by atoms with van der Waals surface area (Å²) in [6, 6.07) is 5.37. The van der Waals surface area contributed by atoms with Crippen LogP contribution in [0.2, 0.25) is 0 Å². The molecule has 104 valence electrons. The fraction of sp³-hybridized carbons (Fsp3) is 0.429. The Labute approximate surface area is 112 Å². The van der Waals surface area contributed by atoms with Crippen LogP contribution in [0, 0.1) is 0 Å². The van der Waals surface area contributed by atoms with Crippen LogP contribution < -0.4 is 5.32 Å². The van der Waals surface area contributed by atoms with Crippen LogP contribution in [0.25, 0.3) is 0 Å². The number of rotatable bonds is 7. The summed E-state index contributed by atoms with van der Waals surface area (Å²) < 4.78 is 0. The van der Waals surface area contributed by atoms with E-state index in [1.807, 2.05) is 6.07 Å². The van der Waals surface area contributed by atoms with Gasteiger partial charge >= 0.3 is 0 Å². The molecular formula is C14H19NO4. The Balaban J connectivity index is 2.54. The summed E-state index contributed by atoms with van der Waals surface area (Å²) in [6.45, 7) is 1.76. The second-order valence-corrected chi connectivity index (χ2v) is 4.20. The number of carbonyl (C=O) groups is 2. The molecular weight excluding hydrogens is 246 g/mol. The summed E-state index contributed by atoms with van der Waals surface area (Å²) in [5.74, 6) is -0.983. The Morgan fingerprint density at radius 1 is 1.16 bits per heavy atom. The molecule has 1 rings (SSSR count). The molecule has 0 aliphatic heterocycles. The number of hydrogen-bond donors (Lipinski definition) is 3. The van der Waals surface area contributed by atoms with E-state index in [1.54, 1.807) is 19.1 Å². The third-order valence-corrected chi connectivity index (χ3v) is 2.88. The third kappa shape index (κ3) is 4.46. The quantitative estimate of drug-likeness (QED) is 0.619. The average molecular weight is 265 g/mol. The van der Waals surface area contributed by atoms with E-state index in [1.165, 1.54) is 0 Å². The third-order valence-electron chi connectivity index (χ3n) is 2.88. The molecule has 0 aliphatic carbocycles. The van der Waals surface area contributed by atoms with Crippen molar-refractivity contribution in [2.75, 3.05) is 6.54 Å². The Morgan fingerprint density at radius 3 is 2.42 bits per heavy atom. The van der Waals surface area contributed by atoms with Gasteiger partial charge in [-0.3, -0.25) is 9.59 Å². The summed E-state index contributed by atoms with van der Waals surface area (Å²) in [5.41, 5.74) is 2.30. The topological polar surface area (TPSA) is 86.6 Å². The molecule has 0 aromatic heterocycles. The van der Waals surface area contributed by atoms with Crippen LogP contribution in [0.15, 0.2) is 18.2 Å². The molecule has 0 bridgehead atoms. The number of amides is 1.